The summed E-state index contributed by atoms with van der Waals surface area (Å²) in [4.78, 5) is 5.71. The number of rotatable bonds is 8. The maximum absolute atomic E-state index is 5.91. The highest BCUT2D eigenvalue weighted by molar-refractivity contribution is 5.79. The maximum Gasteiger partial charge on any atom is 0.119 e. The minimum atomic E-state index is 0.350. The Kier molecular flexibility index (Phi) is 5.53. The van der Waals surface area contributed by atoms with Crippen LogP contribution < -0.4 is 4.74 Å². The van der Waals surface area contributed by atoms with Gasteiger partial charge in [-0.05, 0) is 54.1 Å². The van der Waals surface area contributed by atoms with E-state index in [0.29, 0.717) is 12.7 Å². The van der Waals surface area contributed by atoms with Gasteiger partial charge < -0.3 is 14.5 Å². The Labute approximate surface area is 154 Å². The molecule has 1 atom stereocenters. The topological polar surface area (TPSA) is 37.5 Å². The molecule has 2 aromatic carbocycles. The molecule has 0 radical (unpaired) electrons. The molecule has 4 nitrogen and oxygen atoms in total. The van der Waals surface area contributed by atoms with Crippen molar-refractivity contribution >= 4 is 10.9 Å². The number of nitrogens with zero attached hydrogens (tertiary/aromatic N) is 1. The third-order valence-corrected chi connectivity index (χ3v) is 4.93. The fraction of sp³-hybridized carbons (Fsp3) is 0.364. The van der Waals surface area contributed by atoms with E-state index in [1.54, 1.807) is 0 Å². The number of fused-ring (bicyclic) bond motifs is 1. The number of aromatic amines is 1. The first-order chi connectivity index (χ1) is 12.9. The Bertz CT molecular complexity index is 809. The fourth-order valence-electron chi connectivity index (χ4n) is 3.58. The molecule has 0 saturated carbocycles. The average Bonchev–Trinajstić information content (AvgIpc) is 3.34. The molecule has 0 aliphatic carbocycles. The third kappa shape index (κ3) is 4.45. The van der Waals surface area contributed by atoms with Crippen LogP contribution in [-0.2, 0) is 11.3 Å². The van der Waals surface area contributed by atoms with Gasteiger partial charge >= 0.3 is 0 Å². The molecule has 0 spiro atoms. The summed E-state index contributed by atoms with van der Waals surface area (Å²) in [6.45, 7) is 4.35. The first-order valence-electron chi connectivity index (χ1n) is 9.45. The van der Waals surface area contributed by atoms with Crippen molar-refractivity contribution in [1.29, 1.82) is 0 Å². The molecule has 0 bridgehead atoms. The second-order valence-electron chi connectivity index (χ2n) is 6.93. The summed E-state index contributed by atoms with van der Waals surface area (Å²) in [5.74, 6) is 0.929. The van der Waals surface area contributed by atoms with E-state index < -0.39 is 0 Å². The number of benzene rings is 2. The van der Waals surface area contributed by atoms with E-state index >= 15 is 0 Å². The Balaban J connectivity index is 1.39. The second-order valence-corrected chi connectivity index (χ2v) is 6.93. The number of nitrogens with one attached hydrogen (secondary N) is 1. The van der Waals surface area contributed by atoms with Gasteiger partial charge in [0.05, 0.1) is 6.10 Å². The van der Waals surface area contributed by atoms with E-state index in [9.17, 15) is 0 Å². The van der Waals surface area contributed by atoms with Gasteiger partial charge in [-0.1, -0.05) is 24.3 Å². The summed E-state index contributed by atoms with van der Waals surface area (Å²) in [6.07, 6.45) is 4.68. The zero-order chi connectivity index (χ0) is 17.6. The molecule has 136 valence electrons. The molecule has 26 heavy (non-hydrogen) atoms. The molecule has 1 aliphatic rings. The van der Waals surface area contributed by atoms with Crippen LogP contribution >= 0.6 is 0 Å². The first kappa shape index (κ1) is 17.1. The van der Waals surface area contributed by atoms with Crippen LogP contribution in [0.4, 0.5) is 0 Å². The van der Waals surface area contributed by atoms with Gasteiger partial charge in [-0.3, -0.25) is 4.90 Å². The van der Waals surface area contributed by atoms with Crippen LogP contribution in [0.5, 0.6) is 5.75 Å². The van der Waals surface area contributed by atoms with Crippen molar-refractivity contribution in [3.63, 3.8) is 0 Å². The van der Waals surface area contributed by atoms with Crippen molar-refractivity contribution < 1.29 is 9.47 Å². The largest absolute Gasteiger partial charge is 0.492 e. The van der Waals surface area contributed by atoms with Crippen LogP contribution in [0.2, 0.25) is 0 Å². The lowest BCUT2D eigenvalue weighted by Gasteiger charge is -2.25. The van der Waals surface area contributed by atoms with Crippen molar-refractivity contribution in [2.75, 3.05) is 26.3 Å². The van der Waals surface area contributed by atoms with Crippen LogP contribution in [0.25, 0.3) is 10.9 Å². The normalized spacial score (nSPS) is 17.2. The molecule has 0 amide bonds. The summed E-state index contributed by atoms with van der Waals surface area (Å²) >= 11 is 0. The summed E-state index contributed by atoms with van der Waals surface area (Å²) < 4.78 is 11.8. The predicted molar refractivity (Wildman–Crippen MR) is 104 cm³/mol. The van der Waals surface area contributed by atoms with Crippen molar-refractivity contribution in [1.82, 2.24) is 9.88 Å². The van der Waals surface area contributed by atoms with Crippen LogP contribution in [0, 0.1) is 0 Å². The number of hydrogen-bond acceptors (Lipinski definition) is 3. The van der Waals surface area contributed by atoms with Crippen molar-refractivity contribution in [2.45, 2.75) is 25.5 Å². The van der Waals surface area contributed by atoms with Gasteiger partial charge in [0.1, 0.15) is 12.4 Å². The van der Waals surface area contributed by atoms with E-state index in [1.165, 1.54) is 22.9 Å². The smallest absolute Gasteiger partial charge is 0.119 e. The molecule has 2 heterocycles. The van der Waals surface area contributed by atoms with E-state index in [0.717, 1.165) is 38.4 Å². The van der Waals surface area contributed by atoms with Crippen molar-refractivity contribution in [2.24, 2.45) is 0 Å². The van der Waals surface area contributed by atoms with E-state index in [2.05, 4.69) is 34.1 Å². The van der Waals surface area contributed by atoms with Gasteiger partial charge in [0.15, 0.2) is 0 Å². The minimum Gasteiger partial charge on any atom is -0.492 e. The van der Waals surface area contributed by atoms with E-state index in [1.807, 2.05) is 36.5 Å². The van der Waals surface area contributed by atoms with Crippen molar-refractivity contribution in [3.05, 3.63) is 66.4 Å². The van der Waals surface area contributed by atoms with Crippen LogP contribution in [-0.4, -0.2) is 42.3 Å². The summed E-state index contributed by atoms with van der Waals surface area (Å²) in [6, 6.07) is 18.8. The lowest BCUT2D eigenvalue weighted by atomic mass is 10.1. The zero-order valence-corrected chi connectivity index (χ0v) is 15.1. The molecule has 4 heteroatoms. The van der Waals surface area contributed by atoms with Gasteiger partial charge in [0.2, 0.25) is 0 Å². The molecule has 4 rings (SSSR count). The second kappa shape index (κ2) is 8.39. The number of H-pyrrole nitrogens is 1. The number of ether oxygens (including phenoxy) is 2. The quantitative estimate of drug-likeness (QED) is 0.661. The fourth-order valence-corrected chi connectivity index (χ4v) is 3.58. The average molecular weight is 350 g/mol. The molecule has 0 unspecified atom stereocenters. The highest BCUT2D eigenvalue weighted by atomic mass is 16.5. The van der Waals surface area contributed by atoms with E-state index in [4.69, 9.17) is 9.47 Å². The highest BCUT2D eigenvalue weighted by Crippen LogP contribution is 2.18. The molecular weight excluding hydrogens is 324 g/mol. The number of para-hydroxylation sites is 1. The first-order valence-corrected chi connectivity index (χ1v) is 9.45. The number of hydrogen-bond donors (Lipinski definition) is 1. The van der Waals surface area contributed by atoms with Gasteiger partial charge in [0, 0.05) is 38.0 Å². The minimum absolute atomic E-state index is 0.350. The highest BCUT2D eigenvalue weighted by Gasteiger charge is 2.19. The lowest BCUT2D eigenvalue weighted by molar-refractivity contribution is 0.0654. The third-order valence-electron chi connectivity index (χ3n) is 4.93. The Morgan fingerprint density at radius 1 is 1.12 bits per heavy atom. The van der Waals surface area contributed by atoms with Crippen LogP contribution in [0.3, 0.4) is 0 Å². The predicted octanol–water partition coefficient (Wildman–Crippen LogP) is 4.23. The molecule has 1 N–H and O–H groups in total. The van der Waals surface area contributed by atoms with Gasteiger partial charge in [-0.25, -0.2) is 0 Å². The van der Waals surface area contributed by atoms with E-state index in [-0.39, 0.29) is 0 Å². The molecule has 1 fully saturated rings. The van der Waals surface area contributed by atoms with Crippen molar-refractivity contribution in [3.8, 4) is 5.75 Å². The van der Waals surface area contributed by atoms with Crippen LogP contribution in [0.15, 0.2) is 60.8 Å². The Hall–Kier alpha value is -2.30. The molecular formula is C22H26N2O2. The number of aromatic nitrogens is 1. The Morgan fingerprint density at radius 2 is 2.04 bits per heavy atom. The molecule has 1 aromatic heterocycles. The Morgan fingerprint density at radius 3 is 2.88 bits per heavy atom. The van der Waals surface area contributed by atoms with Crippen LogP contribution in [0.1, 0.15) is 18.4 Å². The summed E-state index contributed by atoms with van der Waals surface area (Å²) in [5.41, 5.74) is 2.52. The maximum atomic E-state index is 5.91. The molecule has 1 saturated heterocycles. The summed E-state index contributed by atoms with van der Waals surface area (Å²) in [7, 11) is 0. The molecule has 3 aromatic rings. The summed E-state index contributed by atoms with van der Waals surface area (Å²) in [5, 5.41) is 1.26. The van der Waals surface area contributed by atoms with Gasteiger partial charge in [0.25, 0.3) is 0 Å². The SMILES string of the molecule is c1ccc(OCCN(Cc2ccc3[nH]ccc3c2)C[C@H]2CCCO2)cc1. The standard InChI is InChI=1S/C22H26N2O2/c1-2-5-20(6-3-1)26-14-12-24(17-21-7-4-13-25-21)16-18-8-9-22-19(15-18)10-11-23-22/h1-3,5-6,8-11,15,21,23H,4,7,12-14,16-17H2/t21-/m1/s1. The molecule has 1 aliphatic heterocycles. The van der Waals surface area contributed by atoms with Gasteiger partial charge in [-0.15, -0.1) is 0 Å². The van der Waals surface area contributed by atoms with Gasteiger partial charge in [-0.2, -0.15) is 0 Å². The monoisotopic (exact) mass is 350 g/mol. The zero-order valence-electron chi connectivity index (χ0n) is 15.1. The lowest BCUT2D eigenvalue weighted by Crippen LogP contribution is -2.35.